The van der Waals surface area contributed by atoms with E-state index in [9.17, 15) is 18.8 Å². The maximum atomic E-state index is 14.8. The number of esters is 1. The summed E-state index contributed by atoms with van der Waals surface area (Å²) in [7, 11) is 0. The molecular formula is C26H30FN3O4S. The van der Waals surface area contributed by atoms with Crippen molar-refractivity contribution in [3.63, 3.8) is 0 Å². The number of hydrogen-bond acceptors (Lipinski definition) is 7. The van der Waals surface area contributed by atoms with E-state index in [0.29, 0.717) is 37.5 Å². The average Bonchev–Trinajstić information content (AvgIpc) is 3.58. The second-order valence-corrected chi connectivity index (χ2v) is 10.3. The molecule has 9 heteroatoms. The van der Waals surface area contributed by atoms with Gasteiger partial charge in [-0.1, -0.05) is 30.0 Å². The number of piperidine rings is 1. The number of carbonyl (C=O) groups excluding carboxylic acids is 3. The summed E-state index contributed by atoms with van der Waals surface area (Å²) in [6.07, 6.45) is 7.51. The van der Waals surface area contributed by atoms with Crippen LogP contribution in [0.3, 0.4) is 0 Å². The average molecular weight is 500 g/mol. The van der Waals surface area contributed by atoms with Crippen molar-refractivity contribution in [3.05, 3.63) is 59.4 Å². The van der Waals surface area contributed by atoms with E-state index in [4.69, 9.17) is 4.74 Å². The quantitative estimate of drug-likeness (QED) is 0.482. The molecule has 1 aromatic carbocycles. The summed E-state index contributed by atoms with van der Waals surface area (Å²) in [6.45, 7) is 4.58. The molecule has 1 aromatic heterocycles. The molecule has 0 radical (unpaired) electrons. The Morgan fingerprint density at radius 2 is 2.03 bits per heavy atom. The van der Waals surface area contributed by atoms with Gasteiger partial charge in [0.25, 0.3) is 0 Å². The topological polar surface area (TPSA) is 81.5 Å². The molecule has 0 spiro atoms. The summed E-state index contributed by atoms with van der Waals surface area (Å²) in [5, 5.41) is -0.0854. The molecule has 0 amide bonds. The standard InChI is InChI=1S/C26H30FN3O4S/c1-3-34-24(32)16-29-13-11-28-23(29)14-19-15-30(12-10-22(19)35-17(2)31)25(26(33)18-8-9-18)20-6-4-5-7-21(20)27/h4-7,11,13-14,18,22,25H,3,8-10,12,15-16H2,1-2H3/b19-14+. The lowest BCUT2D eigenvalue weighted by Crippen LogP contribution is -2.43. The molecule has 1 saturated heterocycles. The van der Waals surface area contributed by atoms with Crippen molar-refractivity contribution in [1.29, 1.82) is 0 Å². The van der Waals surface area contributed by atoms with Gasteiger partial charge in [-0.25, -0.2) is 9.37 Å². The number of Topliss-reactive ketones (excluding diaryl/α,β-unsaturated/α-hetero) is 1. The van der Waals surface area contributed by atoms with Gasteiger partial charge in [-0.05, 0) is 43.9 Å². The predicted molar refractivity (Wildman–Crippen MR) is 132 cm³/mol. The van der Waals surface area contributed by atoms with E-state index in [1.807, 2.05) is 11.0 Å². The van der Waals surface area contributed by atoms with Crippen LogP contribution in [0.4, 0.5) is 4.39 Å². The first-order chi connectivity index (χ1) is 16.9. The Balaban J connectivity index is 1.65. The molecule has 186 valence electrons. The fourth-order valence-corrected chi connectivity index (χ4v) is 5.42. The zero-order valence-corrected chi connectivity index (χ0v) is 20.8. The Hall–Kier alpha value is -2.78. The highest BCUT2D eigenvalue weighted by atomic mass is 32.2. The van der Waals surface area contributed by atoms with Gasteiger partial charge in [0.1, 0.15) is 18.2 Å². The number of hydrogen-bond donors (Lipinski definition) is 0. The second-order valence-electron chi connectivity index (χ2n) is 8.90. The molecule has 7 nitrogen and oxygen atoms in total. The molecule has 1 saturated carbocycles. The van der Waals surface area contributed by atoms with Gasteiger partial charge < -0.3 is 9.30 Å². The summed E-state index contributed by atoms with van der Waals surface area (Å²) >= 11 is 1.25. The Bertz CT molecular complexity index is 1130. The van der Waals surface area contributed by atoms with Crippen molar-refractivity contribution in [3.8, 4) is 0 Å². The Morgan fingerprint density at radius 3 is 2.71 bits per heavy atom. The Morgan fingerprint density at radius 1 is 1.26 bits per heavy atom. The van der Waals surface area contributed by atoms with Crippen LogP contribution in [-0.2, 0) is 25.7 Å². The molecule has 2 atom stereocenters. The lowest BCUT2D eigenvalue weighted by atomic mass is 9.93. The summed E-state index contributed by atoms with van der Waals surface area (Å²) in [5.41, 5.74) is 1.31. The molecule has 2 fully saturated rings. The van der Waals surface area contributed by atoms with E-state index in [2.05, 4.69) is 4.98 Å². The highest BCUT2D eigenvalue weighted by Crippen LogP contribution is 2.40. The van der Waals surface area contributed by atoms with Crippen LogP contribution in [-0.4, -0.2) is 56.3 Å². The van der Waals surface area contributed by atoms with E-state index < -0.39 is 6.04 Å². The number of benzene rings is 1. The third kappa shape index (κ3) is 6.27. The fourth-order valence-electron chi connectivity index (χ4n) is 4.50. The van der Waals surface area contributed by atoms with Crippen LogP contribution in [0.2, 0.25) is 0 Å². The molecule has 2 unspecified atom stereocenters. The molecule has 1 aliphatic heterocycles. The third-order valence-electron chi connectivity index (χ3n) is 6.27. The van der Waals surface area contributed by atoms with Gasteiger partial charge in [0, 0.05) is 49.1 Å². The number of ketones is 1. The van der Waals surface area contributed by atoms with Crippen LogP contribution in [0.5, 0.6) is 0 Å². The van der Waals surface area contributed by atoms with Gasteiger partial charge in [0.05, 0.1) is 12.6 Å². The van der Waals surface area contributed by atoms with E-state index in [1.54, 1.807) is 42.1 Å². The van der Waals surface area contributed by atoms with Gasteiger partial charge in [-0.3, -0.25) is 19.3 Å². The lowest BCUT2D eigenvalue weighted by molar-refractivity contribution is -0.143. The highest BCUT2D eigenvalue weighted by Gasteiger charge is 2.41. The maximum absolute atomic E-state index is 14.8. The van der Waals surface area contributed by atoms with Crippen molar-refractivity contribution in [2.45, 2.75) is 50.9 Å². The molecule has 1 aliphatic carbocycles. The lowest BCUT2D eigenvalue weighted by Gasteiger charge is -2.38. The zero-order chi connectivity index (χ0) is 24.9. The zero-order valence-electron chi connectivity index (χ0n) is 20.0. The first-order valence-electron chi connectivity index (χ1n) is 11.9. The van der Waals surface area contributed by atoms with E-state index in [1.165, 1.54) is 24.8 Å². The van der Waals surface area contributed by atoms with Gasteiger partial charge in [0.2, 0.25) is 0 Å². The molecule has 0 bridgehead atoms. The van der Waals surface area contributed by atoms with E-state index in [-0.39, 0.29) is 40.4 Å². The van der Waals surface area contributed by atoms with Crippen molar-refractivity contribution < 1.29 is 23.5 Å². The number of halogens is 1. The summed E-state index contributed by atoms with van der Waals surface area (Å²) in [4.78, 5) is 43.7. The number of imidazole rings is 1. The van der Waals surface area contributed by atoms with Gasteiger partial charge in [-0.15, -0.1) is 0 Å². The summed E-state index contributed by atoms with van der Waals surface area (Å²) in [6, 6.07) is 5.79. The first kappa shape index (κ1) is 25.3. The second kappa shape index (κ2) is 11.3. The van der Waals surface area contributed by atoms with Crippen LogP contribution in [0, 0.1) is 11.7 Å². The van der Waals surface area contributed by atoms with Crippen LogP contribution in [0.1, 0.15) is 50.5 Å². The van der Waals surface area contributed by atoms with Crippen molar-refractivity contribution >= 4 is 34.7 Å². The maximum Gasteiger partial charge on any atom is 0.325 e. The minimum absolute atomic E-state index is 0.00364. The van der Waals surface area contributed by atoms with Crippen molar-refractivity contribution in [2.75, 3.05) is 19.7 Å². The molecule has 0 N–H and O–H groups in total. The SMILES string of the molecule is CCOC(=O)Cn1ccnc1/C=C1\CN(C(C(=O)C2CC2)c2ccccc2F)CCC1SC(C)=O. The largest absolute Gasteiger partial charge is 0.465 e. The molecule has 2 aromatic rings. The number of rotatable bonds is 9. The molecule has 4 rings (SSSR count). The Kier molecular flexibility index (Phi) is 8.18. The van der Waals surface area contributed by atoms with Crippen LogP contribution in [0.15, 0.2) is 42.2 Å². The van der Waals surface area contributed by atoms with Crippen molar-refractivity contribution in [1.82, 2.24) is 14.5 Å². The van der Waals surface area contributed by atoms with Gasteiger partial charge in [-0.2, -0.15) is 0 Å². The van der Waals surface area contributed by atoms with Gasteiger partial charge in [0.15, 0.2) is 10.9 Å². The number of aromatic nitrogens is 2. The summed E-state index contributed by atoms with van der Waals surface area (Å²) < 4.78 is 21.6. The van der Waals surface area contributed by atoms with Crippen LogP contribution >= 0.6 is 11.8 Å². The minimum Gasteiger partial charge on any atom is -0.465 e. The Labute approximate surface area is 208 Å². The van der Waals surface area contributed by atoms with Gasteiger partial charge >= 0.3 is 5.97 Å². The van der Waals surface area contributed by atoms with E-state index >= 15 is 0 Å². The minimum atomic E-state index is -0.672. The monoisotopic (exact) mass is 499 g/mol. The normalized spacial score (nSPS) is 20.5. The number of nitrogens with zero attached hydrogens (tertiary/aromatic N) is 3. The summed E-state index contributed by atoms with van der Waals surface area (Å²) in [5.74, 6) is -0.155. The van der Waals surface area contributed by atoms with E-state index in [0.717, 1.165) is 18.4 Å². The van der Waals surface area contributed by atoms with Crippen LogP contribution < -0.4 is 0 Å². The molecule has 2 aliphatic rings. The number of ether oxygens (including phenoxy) is 1. The first-order valence-corrected chi connectivity index (χ1v) is 12.8. The number of thioether (sulfide) groups is 1. The predicted octanol–water partition coefficient (Wildman–Crippen LogP) is 4.04. The smallest absolute Gasteiger partial charge is 0.325 e. The molecule has 2 heterocycles. The number of carbonyl (C=O) groups is 3. The number of likely N-dealkylation sites (tertiary alicyclic amines) is 1. The third-order valence-corrected chi connectivity index (χ3v) is 7.42. The highest BCUT2D eigenvalue weighted by molar-refractivity contribution is 8.14. The van der Waals surface area contributed by atoms with Crippen molar-refractivity contribution in [2.24, 2.45) is 5.92 Å². The molecular weight excluding hydrogens is 469 g/mol. The van der Waals surface area contributed by atoms with Crippen LogP contribution in [0.25, 0.3) is 6.08 Å². The fraction of sp³-hybridized carbons (Fsp3) is 0.462. The molecule has 35 heavy (non-hydrogen) atoms.